The Hall–Kier alpha value is -3.75. The third-order valence-corrected chi connectivity index (χ3v) is 5.57. The number of hydrogen-bond acceptors (Lipinski definition) is 5. The number of imide groups is 1. The van der Waals surface area contributed by atoms with Crippen LogP contribution in [-0.2, 0) is 6.54 Å². The summed E-state index contributed by atoms with van der Waals surface area (Å²) in [5.74, 6) is -1.10. The first-order valence-electron chi connectivity index (χ1n) is 10.4. The van der Waals surface area contributed by atoms with Crippen molar-refractivity contribution in [2.45, 2.75) is 32.0 Å². The normalized spacial score (nSPS) is 15.0. The maximum atomic E-state index is 13.3. The number of rotatable bonds is 9. The Morgan fingerprint density at radius 2 is 1.88 bits per heavy atom. The lowest BCUT2D eigenvalue weighted by molar-refractivity contribution is -0.0512. The van der Waals surface area contributed by atoms with Crippen LogP contribution in [0.15, 0.2) is 49.1 Å². The third-order valence-electron chi connectivity index (χ3n) is 5.57. The molecule has 0 atom stereocenters. The predicted molar refractivity (Wildman–Crippen MR) is 115 cm³/mol. The van der Waals surface area contributed by atoms with E-state index in [-0.39, 0.29) is 47.7 Å². The summed E-state index contributed by atoms with van der Waals surface area (Å²) >= 11 is 0. The van der Waals surface area contributed by atoms with Crippen molar-refractivity contribution in [3.05, 3.63) is 71.3 Å². The van der Waals surface area contributed by atoms with E-state index >= 15 is 0 Å². The molecule has 7 nitrogen and oxygen atoms in total. The average molecular weight is 456 g/mol. The smallest absolute Gasteiger partial charge is 0.387 e. The minimum Gasteiger partial charge on any atom is -0.493 e. The molecule has 1 saturated carbocycles. The number of ether oxygens (including phenoxy) is 2. The highest BCUT2D eigenvalue weighted by atomic mass is 19.3. The van der Waals surface area contributed by atoms with Gasteiger partial charge in [-0.05, 0) is 48.7 Å². The molecule has 0 unspecified atom stereocenters. The van der Waals surface area contributed by atoms with Crippen LogP contribution in [0.3, 0.4) is 0 Å². The van der Waals surface area contributed by atoms with Gasteiger partial charge in [0.1, 0.15) is 0 Å². The van der Waals surface area contributed by atoms with E-state index < -0.39 is 18.4 Å². The van der Waals surface area contributed by atoms with E-state index in [2.05, 4.69) is 11.3 Å². The van der Waals surface area contributed by atoms with E-state index in [1.807, 2.05) is 0 Å². The van der Waals surface area contributed by atoms with Gasteiger partial charge < -0.3 is 14.4 Å². The third kappa shape index (κ3) is 4.44. The summed E-state index contributed by atoms with van der Waals surface area (Å²) in [4.78, 5) is 41.1. The van der Waals surface area contributed by atoms with Crippen molar-refractivity contribution >= 4 is 17.7 Å². The number of benzene rings is 2. The first-order chi connectivity index (χ1) is 15.8. The van der Waals surface area contributed by atoms with Crippen LogP contribution in [0, 0.1) is 0 Å². The largest absolute Gasteiger partial charge is 0.493 e. The van der Waals surface area contributed by atoms with Crippen LogP contribution < -0.4 is 9.47 Å². The van der Waals surface area contributed by atoms with Gasteiger partial charge in [0, 0.05) is 24.7 Å². The Kier molecular flexibility index (Phi) is 6.13. The zero-order chi connectivity index (χ0) is 23.7. The molecule has 0 aromatic heterocycles. The lowest BCUT2D eigenvalue weighted by atomic mass is 10.0. The van der Waals surface area contributed by atoms with E-state index in [4.69, 9.17) is 4.74 Å². The zero-order valence-electron chi connectivity index (χ0n) is 17.9. The topological polar surface area (TPSA) is 76.2 Å². The fraction of sp³-hybridized carbons (Fsp3) is 0.292. The van der Waals surface area contributed by atoms with Gasteiger partial charge in [0.25, 0.3) is 17.7 Å². The highest BCUT2D eigenvalue weighted by Gasteiger charge is 2.37. The molecule has 2 aliphatic rings. The predicted octanol–water partition coefficient (Wildman–Crippen LogP) is 3.88. The van der Waals surface area contributed by atoms with Gasteiger partial charge in [-0.2, -0.15) is 8.78 Å². The highest BCUT2D eigenvalue weighted by Crippen LogP contribution is 2.34. The van der Waals surface area contributed by atoms with Crippen molar-refractivity contribution in [2.75, 3.05) is 13.7 Å². The second-order valence-corrected chi connectivity index (χ2v) is 7.80. The van der Waals surface area contributed by atoms with Crippen molar-refractivity contribution in [1.82, 2.24) is 9.80 Å². The van der Waals surface area contributed by atoms with Crippen LogP contribution in [0.1, 0.15) is 49.5 Å². The Morgan fingerprint density at radius 3 is 2.52 bits per heavy atom. The quantitative estimate of drug-likeness (QED) is 0.423. The standard InChI is InChI=1S/C24H22F2N2O5/c1-3-10-27-22(30)17-8-5-15(12-18(17)23(27)31)21(29)28(16-6-7-16)13-14-4-9-19(33-24(25)26)20(11-14)32-2/h3-5,8-9,11-12,16,24H,1,6-7,10,13H2,2H3. The molecule has 0 saturated heterocycles. The summed E-state index contributed by atoms with van der Waals surface area (Å²) in [6.07, 6.45) is 3.14. The highest BCUT2D eigenvalue weighted by molar-refractivity contribution is 6.22. The van der Waals surface area contributed by atoms with Crippen LogP contribution in [0.5, 0.6) is 11.5 Å². The maximum Gasteiger partial charge on any atom is 0.387 e. The second-order valence-electron chi connectivity index (χ2n) is 7.80. The molecule has 1 aliphatic heterocycles. The van der Waals surface area contributed by atoms with E-state index in [1.165, 1.54) is 31.4 Å². The van der Waals surface area contributed by atoms with E-state index in [1.54, 1.807) is 23.1 Å². The number of fused-ring (bicyclic) bond motifs is 1. The Bertz CT molecular complexity index is 1130. The summed E-state index contributed by atoms with van der Waals surface area (Å²) < 4.78 is 34.8. The van der Waals surface area contributed by atoms with E-state index in [0.29, 0.717) is 11.1 Å². The zero-order valence-corrected chi connectivity index (χ0v) is 17.9. The molecule has 4 rings (SSSR count). The van der Waals surface area contributed by atoms with Crippen LogP contribution in [0.25, 0.3) is 0 Å². The molecule has 1 aliphatic carbocycles. The Balaban J connectivity index is 1.58. The van der Waals surface area contributed by atoms with E-state index in [9.17, 15) is 23.2 Å². The summed E-state index contributed by atoms with van der Waals surface area (Å²) in [6, 6.07) is 9.05. The van der Waals surface area contributed by atoms with Crippen molar-refractivity contribution in [3.63, 3.8) is 0 Å². The Labute approximate surface area is 189 Å². The molecule has 1 heterocycles. The minimum atomic E-state index is -2.98. The van der Waals surface area contributed by atoms with Crippen molar-refractivity contribution < 1.29 is 32.6 Å². The SMILES string of the molecule is C=CCN1C(=O)c2ccc(C(=O)N(Cc3ccc(OC(F)F)c(OC)c3)C3CC3)cc2C1=O. The first kappa shape index (κ1) is 22.4. The van der Waals surface area contributed by atoms with Crippen LogP contribution >= 0.6 is 0 Å². The van der Waals surface area contributed by atoms with Crippen LogP contribution in [0.4, 0.5) is 8.78 Å². The van der Waals surface area contributed by atoms with Gasteiger partial charge >= 0.3 is 6.61 Å². The molecule has 0 spiro atoms. The molecule has 1 fully saturated rings. The molecule has 0 N–H and O–H groups in total. The summed E-state index contributed by atoms with van der Waals surface area (Å²) in [5.41, 5.74) is 1.43. The number of hydrogen-bond donors (Lipinski definition) is 0. The van der Waals surface area contributed by atoms with Gasteiger partial charge in [0.15, 0.2) is 11.5 Å². The molecule has 9 heteroatoms. The van der Waals surface area contributed by atoms with Crippen molar-refractivity contribution in [1.29, 1.82) is 0 Å². The molecule has 0 radical (unpaired) electrons. The number of carbonyl (C=O) groups excluding carboxylic acids is 3. The van der Waals surface area contributed by atoms with Gasteiger partial charge in [-0.1, -0.05) is 12.1 Å². The van der Waals surface area contributed by atoms with Gasteiger partial charge in [0.2, 0.25) is 0 Å². The lowest BCUT2D eigenvalue weighted by Gasteiger charge is -2.23. The number of alkyl halides is 2. The number of amides is 3. The fourth-order valence-corrected chi connectivity index (χ4v) is 3.84. The molecule has 2 aromatic rings. The maximum absolute atomic E-state index is 13.3. The van der Waals surface area contributed by atoms with Gasteiger partial charge in [-0.15, -0.1) is 6.58 Å². The summed E-state index contributed by atoms with van der Waals surface area (Å²) in [7, 11) is 1.35. The molecular weight excluding hydrogens is 434 g/mol. The number of carbonyl (C=O) groups is 3. The van der Waals surface area contributed by atoms with Crippen LogP contribution in [0.2, 0.25) is 0 Å². The molecule has 33 heavy (non-hydrogen) atoms. The van der Waals surface area contributed by atoms with Gasteiger partial charge in [-0.3, -0.25) is 19.3 Å². The number of nitrogens with zero attached hydrogens (tertiary/aromatic N) is 2. The second kappa shape index (κ2) is 9.01. The molecule has 3 amide bonds. The molecule has 2 aromatic carbocycles. The fourth-order valence-electron chi connectivity index (χ4n) is 3.84. The molecule has 172 valence electrons. The number of halogens is 2. The van der Waals surface area contributed by atoms with Crippen molar-refractivity contribution in [3.8, 4) is 11.5 Å². The Morgan fingerprint density at radius 1 is 1.15 bits per heavy atom. The van der Waals surface area contributed by atoms with Gasteiger partial charge in [-0.25, -0.2) is 0 Å². The minimum absolute atomic E-state index is 0.0309. The van der Waals surface area contributed by atoms with Gasteiger partial charge in [0.05, 0.1) is 18.2 Å². The molecular formula is C24H22F2N2O5. The number of methoxy groups -OCH3 is 1. The van der Waals surface area contributed by atoms with E-state index in [0.717, 1.165) is 17.7 Å². The lowest BCUT2D eigenvalue weighted by Crippen LogP contribution is -2.32. The first-order valence-corrected chi connectivity index (χ1v) is 10.4. The molecule has 0 bridgehead atoms. The summed E-state index contributed by atoms with van der Waals surface area (Å²) in [5, 5.41) is 0. The average Bonchev–Trinajstić information content (AvgIpc) is 3.61. The monoisotopic (exact) mass is 456 g/mol. The van der Waals surface area contributed by atoms with Crippen LogP contribution in [-0.4, -0.2) is 53.8 Å². The van der Waals surface area contributed by atoms with Crippen molar-refractivity contribution in [2.24, 2.45) is 0 Å². The summed E-state index contributed by atoms with van der Waals surface area (Å²) in [6.45, 7) is 0.899.